The van der Waals surface area contributed by atoms with Crippen molar-refractivity contribution in [3.05, 3.63) is 78.1 Å². The molecule has 1 aliphatic heterocycles. The van der Waals surface area contributed by atoms with Gasteiger partial charge >= 0.3 is 6.03 Å². The molecule has 0 atom stereocenters. The monoisotopic (exact) mass is 418 g/mol. The van der Waals surface area contributed by atoms with Crippen LogP contribution < -0.4 is 4.74 Å². The average Bonchev–Trinajstić information content (AvgIpc) is 3.30. The Morgan fingerprint density at radius 3 is 2.42 bits per heavy atom. The molecule has 0 N–H and O–H groups in total. The topological polar surface area (TPSA) is 67.7 Å². The summed E-state index contributed by atoms with van der Waals surface area (Å²) in [6.45, 7) is 5.37. The fourth-order valence-corrected chi connectivity index (χ4v) is 3.59. The lowest BCUT2D eigenvalue weighted by molar-refractivity contribution is 0.0982. The minimum Gasteiger partial charge on any atom is -0.457 e. The Bertz CT molecular complexity index is 1040. The minimum absolute atomic E-state index is 0.0603. The van der Waals surface area contributed by atoms with E-state index in [0.717, 1.165) is 31.1 Å². The molecule has 1 amide bonds. The van der Waals surface area contributed by atoms with Crippen molar-refractivity contribution in [2.75, 3.05) is 26.2 Å². The highest BCUT2D eigenvalue weighted by Gasteiger charge is 2.23. The zero-order valence-corrected chi connectivity index (χ0v) is 17.6. The number of rotatable bonds is 6. The molecule has 4 rings (SSSR count). The van der Waals surface area contributed by atoms with E-state index in [4.69, 9.17) is 4.74 Å². The third-order valence-electron chi connectivity index (χ3n) is 5.32. The smallest absolute Gasteiger partial charge is 0.344 e. The molecule has 2 heterocycles. The molecule has 31 heavy (non-hydrogen) atoms. The van der Waals surface area contributed by atoms with Gasteiger partial charge in [0.2, 0.25) is 0 Å². The fraction of sp³-hybridized carbons (Fsp3) is 0.292. The Hall–Kier alpha value is -3.45. The van der Waals surface area contributed by atoms with Crippen molar-refractivity contribution in [2.45, 2.75) is 19.9 Å². The Morgan fingerprint density at radius 2 is 1.68 bits per heavy atom. The van der Waals surface area contributed by atoms with Crippen LogP contribution in [-0.4, -0.2) is 57.6 Å². The van der Waals surface area contributed by atoms with Crippen LogP contribution in [0.5, 0.6) is 11.5 Å². The Balaban J connectivity index is 1.31. The number of piperazine rings is 1. The molecule has 0 saturated carbocycles. The second-order valence-corrected chi connectivity index (χ2v) is 7.53. The molecule has 0 unspecified atom stereocenters. The van der Waals surface area contributed by atoms with Crippen LogP contribution in [0.1, 0.15) is 29.4 Å². The van der Waals surface area contributed by atoms with Crippen LogP contribution in [-0.2, 0) is 6.54 Å². The van der Waals surface area contributed by atoms with Crippen LogP contribution in [0.25, 0.3) is 0 Å². The molecule has 2 aromatic carbocycles. The van der Waals surface area contributed by atoms with Crippen LogP contribution in [0.3, 0.4) is 0 Å². The van der Waals surface area contributed by atoms with Crippen LogP contribution >= 0.6 is 0 Å². The third-order valence-corrected chi connectivity index (χ3v) is 5.32. The van der Waals surface area contributed by atoms with E-state index in [2.05, 4.69) is 22.1 Å². The van der Waals surface area contributed by atoms with Crippen LogP contribution in [0.15, 0.2) is 66.9 Å². The number of hydrogen-bond acceptors (Lipinski definition) is 5. The van der Waals surface area contributed by atoms with E-state index in [1.165, 1.54) is 10.2 Å². The summed E-state index contributed by atoms with van der Waals surface area (Å²) in [5, 5.41) is 4.14. The zero-order valence-electron chi connectivity index (χ0n) is 17.6. The minimum atomic E-state index is -0.187. The van der Waals surface area contributed by atoms with Crippen LogP contribution in [0.4, 0.5) is 4.79 Å². The number of carbonyl (C=O) groups is 2. The van der Waals surface area contributed by atoms with Gasteiger partial charge < -0.3 is 9.64 Å². The first-order valence-corrected chi connectivity index (χ1v) is 10.5. The van der Waals surface area contributed by atoms with E-state index in [-0.39, 0.29) is 11.8 Å². The summed E-state index contributed by atoms with van der Waals surface area (Å²) in [6, 6.07) is 19.2. The summed E-state index contributed by atoms with van der Waals surface area (Å²) in [4.78, 5) is 28.5. The van der Waals surface area contributed by atoms with Crippen molar-refractivity contribution in [3.63, 3.8) is 0 Å². The van der Waals surface area contributed by atoms with E-state index >= 15 is 0 Å². The lowest BCUT2D eigenvalue weighted by Gasteiger charge is -2.34. The SMILES string of the molecule is CCC(=O)c1ccn(C(=O)N2CCN(Cc3cccc(Oc4ccccc4)c3)CC2)n1. The number of Topliss-reactive ketones (excluding diaryl/α,β-unsaturated/α-hetero) is 1. The number of carbonyl (C=O) groups excluding carboxylic acids is 2. The Kier molecular flexibility index (Phi) is 6.43. The van der Waals surface area contributed by atoms with Crippen molar-refractivity contribution < 1.29 is 14.3 Å². The summed E-state index contributed by atoms with van der Waals surface area (Å²) >= 11 is 0. The zero-order chi connectivity index (χ0) is 21.6. The normalized spacial score (nSPS) is 14.4. The highest BCUT2D eigenvalue weighted by Crippen LogP contribution is 2.22. The summed E-state index contributed by atoms with van der Waals surface area (Å²) in [7, 11) is 0. The number of ether oxygens (including phenoxy) is 1. The molecule has 0 radical (unpaired) electrons. The second-order valence-electron chi connectivity index (χ2n) is 7.53. The molecule has 0 spiro atoms. The molecule has 160 valence electrons. The molecular formula is C24H26N4O3. The Morgan fingerprint density at radius 1 is 0.935 bits per heavy atom. The number of para-hydroxylation sites is 1. The maximum Gasteiger partial charge on any atom is 0.344 e. The highest BCUT2D eigenvalue weighted by atomic mass is 16.5. The van der Waals surface area contributed by atoms with Gasteiger partial charge in [-0.15, -0.1) is 0 Å². The summed E-state index contributed by atoms with van der Waals surface area (Å²) in [6.07, 6.45) is 1.94. The lowest BCUT2D eigenvalue weighted by Crippen LogP contribution is -2.49. The van der Waals surface area contributed by atoms with Gasteiger partial charge in [0.15, 0.2) is 5.78 Å². The van der Waals surface area contributed by atoms with Crippen LogP contribution in [0.2, 0.25) is 0 Å². The molecule has 7 heteroatoms. The number of ketones is 1. The first kappa shape index (κ1) is 20.8. The molecular weight excluding hydrogens is 392 g/mol. The molecule has 1 fully saturated rings. The number of aromatic nitrogens is 2. The summed E-state index contributed by atoms with van der Waals surface area (Å²) < 4.78 is 7.19. The number of amides is 1. The van der Waals surface area contributed by atoms with Gasteiger partial charge in [-0.05, 0) is 35.9 Å². The lowest BCUT2D eigenvalue weighted by atomic mass is 10.2. The van der Waals surface area contributed by atoms with Gasteiger partial charge in [-0.3, -0.25) is 9.69 Å². The van der Waals surface area contributed by atoms with Crippen molar-refractivity contribution in [1.82, 2.24) is 19.6 Å². The van der Waals surface area contributed by atoms with Gasteiger partial charge in [0.1, 0.15) is 17.2 Å². The van der Waals surface area contributed by atoms with Crippen molar-refractivity contribution >= 4 is 11.8 Å². The van der Waals surface area contributed by atoms with Crippen molar-refractivity contribution in [2.24, 2.45) is 0 Å². The molecule has 1 saturated heterocycles. The fourth-order valence-electron chi connectivity index (χ4n) is 3.59. The van der Waals surface area contributed by atoms with E-state index in [0.29, 0.717) is 25.2 Å². The number of hydrogen-bond donors (Lipinski definition) is 0. The number of benzene rings is 2. The predicted molar refractivity (Wildman–Crippen MR) is 117 cm³/mol. The first-order chi connectivity index (χ1) is 15.1. The van der Waals surface area contributed by atoms with Gasteiger partial charge in [0.05, 0.1) is 0 Å². The largest absolute Gasteiger partial charge is 0.457 e. The molecule has 7 nitrogen and oxygen atoms in total. The van der Waals surface area contributed by atoms with Gasteiger partial charge in [0.25, 0.3) is 0 Å². The quantitative estimate of drug-likeness (QED) is 0.565. The van der Waals surface area contributed by atoms with E-state index in [1.54, 1.807) is 24.1 Å². The molecule has 1 aromatic heterocycles. The first-order valence-electron chi connectivity index (χ1n) is 10.5. The maximum atomic E-state index is 12.7. The Labute approximate surface area is 181 Å². The van der Waals surface area contributed by atoms with Gasteiger partial charge in [-0.1, -0.05) is 37.3 Å². The second kappa shape index (κ2) is 9.57. The molecule has 3 aromatic rings. The van der Waals surface area contributed by atoms with Gasteiger partial charge in [0, 0.05) is 45.3 Å². The van der Waals surface area contributed by atoms with Crippen molar-refractivity contribution in [1.29, 1.82) is 0 Å². The summed E-state index contributed by atoms with van der Waals surface area (Å²) in [5.41, 5.74) is 1.51. The predicted octanol–water partition coefficient (Wildman–Crippen LogP) is 4.05. The third kappa shape index (κ3) is 5.19. The number of nitrogens with zero attached hydrogens (tertiary/aromatic N) is 4. The standard InChI is InChI=1S/C24H26N4O3/c1-2-23(29)22-11-12-28(25-22)24(30)27-15-13-26(14-16-27)18-19-7-6-10-21(17-19)31-20-8-4-3-5-9-20/h3-12,17H,2,13-16,18H2,1H3. The highest BCUT2D eigenvalue weighted by molar-refractivity contribution is 5.94. The van der Waals surface area contributed by atoms with E-state index < -0.39 is 0 Å². The van der Waals surface area contributed by atoms with Crippen LogP contribution in [0, 0.1) is 0 Å². The molecule has 0 aliphatic carbocycles. The average molecular weight is 418 g/mol. The van der Waals surface area contributed by atoms with Crippen molar-refractivity contribution in [3.8, 4) is 11.5 Å². The van der Waals surface area contributed by atoms with E-state index in [9.17, 15) is 9.59 Å². The van der Waals surface area contributed by atoms with Gasteiger partial charge in [-0.2, -0.15) is 9.78 Å². The molecule has 0 bridgehead atoms. The van der Waals surface area contributed by atoms with Gasteiger partial charge in [-0.25, -0.2) is 4.79 Å². The molecule has 1 aliphatic rings. The maximum absolute atomic E-state index is 12.7. The van der Waals surface area contributed by atoms with E-state index in [1.807, 2.05) is 42.5 Å². The summed E-state index contributed by atoms with van der Waals surface area (Å²) in [5.74, 6) is 1.57.